The third-order valence-electron chi connectivity index (χ3n) is 5.06. The highest BCUT2D eigenvalue weighted by atomic mass is 16.4. The number of likely N-dealkylation sites (tertiary alicyclic amines) is 1. The van der Waals surface area contributed by atoms with Crippen molar-refractivity contribution in [2.45, 2.75) is 45.1 Å². The number of carbonyl (C=O) groups excluding carboxylic acids is 2. The molecule has 0 radical (unpaired) electrons. The van der Waals surface area contributed by atoms with Gasteiger partial charge < -0.3 is 9.32 Å². The Kier molecular flexibility index (Phi) is 3.78. The van der Waals surface area contributed by atoms with Gasteiger partial charge >= 0.3 is 0 Å². The first-order valence-electron chi connectivity index (χ1n) is 8.58. The van der Waals surface area contributed by atoms with Crippen molar-refractivity contribution in [1.29, 1.82) is 0 Å². The number of aromatic amines is 1. The van der Waals surface area contributed by atoms with Crippen molar-refractivity contribution in [3.05, 3.63) is 50.8 Å². The van der Waals surface area contributed by atoms with Crippen molar-refractivity contribution < 1.29 is 14.0 Å². The molecule has 1 aliphatic carbocycles. The number of nitrogens with one attached hydrogen (secondary N) is 1. The minimum atomic E-state index is -0.271. The molecule has 1 atom stereocenters. The second-order valence-electron chi connectivity index (χ2n) is 6.63. The van der Waals surface area contributed by atoms with E-state index in [0.29, 0.717) is 42.0 Å². The second kappa shape index (κ2) is 5.98. The number of fused-ring (bicyclic) bond motifs is 1. The lowest BCUT2D eigenvalue weighted by Crippen LogP contribution is -2.31. The Bertz CT molecular complexity index is 891. The van der Waals surface area contributed by atoms with Gasteiger partial charge in [0.05, 0.1) is 17.3 Å². The first kappa shape index (κ1) is 15.8. The summed E-state index contributed by atoms with van der Waals surface area (Å²) in [5, 5.41) is 6.49. The molecule has 1 aliphatic heterocycles. The predicted molar refractivity (Wildman–Crippen MR) is 88.6 cm³/mol. The van der Waals surface area contributed by atoms with Crippen LogP contribution >= 0.6 is 0 Å². The molecular weight excluding hydrogens is 322 g/mol. The van der Waals surface area contributed by atoms with Crippen LogP contribution in [0.15, 0.2) is 21.3 Å². The van der Waals surface area contributed by atoms with Crippen molar-refractivity contribution in [2.75, 3.05) is 6.54 Å². The smallest absolute Gasteiger partial charge is 0.290 e. The summed E-state index contributed by atoms with van der Waals surface area (Å²) in [6, 6.07) is 2.87. The molecule has 130 valence electrons. The maximum Gasteiger partial charge on any atom is 0.290 e. The number of rotatable bonds is 2. The Hall–Kier alpha value is -2.70. The van der Waals surface area contributed by atoms with Crippen LogP contribution in [0.4, 0.5) is 0 Å². The summed E-state index contributed by atoms with van der Waals surface area (Å²) in [5.74, 6) is 0.739. The third kappa shape index (κ3) is 2.59. The number of aromatic nitrogens is 2. The molecule has 25 heavy (non-hydrogen) atoms. The van der Waals surface area contributed by atoms with Gasteiger partial charge in [0.15, 0.2) is 11.5 Å². The molecule has 0 spiro atoms. The van der Waals surface area contributed by atoms with Crippen molar-refractivity contribution in [3.63, 3.8) is 0 Å². The summed E-state index contributed by atoms with van der Waals surface area (Å²) in [6.07, 6.45) is 3.60. The zero-order valence-electron chi connectivity index (χ0n) is 14.0. The second-order valence-corrected chi connectivity index (χ2v) is 6.63. The fourth-order valence-electron chi connectivity index (χ4n) is 3.84. The molecule has 0 bridgehead atoms. The lowest BCUT2D eigenvalue weighted by atomic mass is 9.94. The number of H-pyrrole nitrogens is 1. The lowest BCUT2D eigenvalue weighted by molar-refractivity contribution is 0.0696. The number of furan rings is 1. The molecule has 4 rings (SSSR count). The van der Waals surface area contributed by atoms with Crippen LogP contribution in [0, 0.1) is 6.92 Å². The van der Waals surface area contributed by atoms with Gasteiger partial charge in [-0.1, -0.05) is 0 Å². The standard InChI is InChI=1S/C18H19N3O4/c1-10-16-13(22)5-2-6-14(16)25-17(10)18(24)21-9-3-4-12(21)11-7-8-15(23)20-19-11/h7-8,12H,2-6,9H2,1H3,(H,20,23). The summed E-state index contributed by atoms with van der Waals surface area (Å²) in [6.45, 7) is 2.38. The average molecular weight is 341 g/mol. The van der Waals surface area contributed by atoms with E-state index < -0.39 is 0 Å². The Labute approximate surface area is 144 Å². The van der Waals surface area contributed by atoms with Gasteiger partial charge in [0.2, 0.25) is 0 Å². The maximum absolute atomic E-state index is 13.1. The SMILES string of the molecule is Cc1c(C(=O)N2CCCC2c2ccc(=O)[nH]n2)oc2c1C(=O)CCC2. The molecule has 2 aromatic heterocycles. The molecule has 7 heteroatoms. The zero-order valence-corrected chi connectivity index (χ0v) is 14.0. The van der Waals surface area contributed by atoms with Gasteiger partial charge in [-0.2, -0.15) is 5.10 Å². The van der Waals surface area contributed by atoms with Crippen molar-refractivity contribution in [3.8, 4) is 0 Å². The number of amides is 1. The molecule has 2 aromatic rings. The van der Waals surface area contributed by atoms with Gasteiger partial charge in [-0.05, 0) is 32.3 Å². The molecule has 1 saturated heterocycles. The lowest BCUT2D eigenvalue weighted by Gasteiger charge is -2.23. The number of aryl methyl sites for hydroxylation is 1. The van der Waals surface area contributed by atoms with Gasteiger partial charge in [0.25, 0.3) is 11.5 Å². The molecule has 0 aromatic carbocycles. The van der Waals surface area contributed by atoms with E-state index in [-0.39, 0.29) is 29.1 Å². The molecule has 1 N–H and O–H groups in total. The van der Waals surface area contributed by atoms with E-state index in [4.69, 9.17) is 4.42 Å². The van der Waals surface area contributed by atoms with E-state index in [2.05, 4.69) is 10.2 Å². The Balaban J connectivity index is 1.67. The molecular formula is C18H19N3O4. The van der Waals surface area contributed by atoms with Gasteiger partial charge in [-0.3, -0.25) is 14.4 Å². The number of carbonyl (C=O) groups is 2. The molecule has 3 heterocycles. The number of ketones is 1. The van der Waals surface area contributed by atoms with Crippen LogP contribution in [0.5, 0.6) is 0 Å². The number of hydrogen-bond acceptors (Lipinski definition) is 5. The minimum absolute atomic E-state index is 0.0572. The normalized spacial score (nSPS) is 20.0. The van der Waals surface area contributed by atoms with Crippen LogP contribution in [0.1, 0.15) is 69.7 Å². The maximum atomic E-state index is 13.1. The van der Waals surface area contributed by atoms with Crippen molar-refractivity contribution in [1.82, 2.24) is 15.1 Å². The summed E-state index contributed by atoms with van der Waals surface area (Å²) >= 11 is 0. The Morgan fingerprint density at radius 2 is 2.12 bits per heavy atom. The van der Waals surface area contributed by atoms with E-state index in [9.17, 15) is 14.4 Å². The molecule has 1 fully saturated rings. The van der Waals surface area contributed by atoms with Crippen LogP contribution < -0.4 is 5.56 Å². The van der Waals surface area contributed by atoms with Gasteiger partial charge in [0.1, 0.15) is 5.76 Å². The van der Waals surface area contributed by atoms with Crippen molar-refractivity contribution >= 4 is 11.7 Å². The topological polar surface area (TPSA) is 96.3 Å². The largest absolute Gasteiger partial charge is 0.455 e. The molecule has 1 unspecified atom stereocenters. The Morgan fingerprint density at radius 3 is 2.84 bits per heavy atom. The zero-order chi connectivity index (χ0) is 17.6. The van der Waals surface area contributed by atoms with Crippen LogP contribution in [-0.2, 0) is 6.42 Å². The molecule has 7 nitrogen and oxygen atoms in total. The Morgan fingerprint density at radius 1 is 1.28 bits per heavy atom. The number of Topliss-reactive ketones (excluding diaryl/α,β-unsaturated/α-hetero) is 1. The number of nitrogens with zero attached hydrogens (tertiary/aromatic N) is 2. The van der Waals surface area contributed by atoms with E-state index in [0.717, 1.165) is 19.3 Å². The summed E-state index contributed by atoms with van der Waals surface area (Å²) in [4.78, 5) is 38.2. The minimum Gasteiger partial charge on any atom is -0.455 e. The third-order valence-corrected chi connectivity index (χ3v) is 5.06. The van der Waals surface area contributed by atoms with Crippen LogP contribution in [-0.4, -0.2) is 33.3 Å². The first-order chi connectivity index (χ1) is 12.1. The molecule has 1 amide bonds. The quantitative estimate of drug-likeness (QED) is 0.903. The number of hydrogen-bond donors (Lipinski definition) is 1. The monoisotopic (exact) mass is 341 g/mol. The predicted octanol–water partition coefficient (Wildman–Crippen LogP) is 2.17. The van der Waals surface area contributed by atoms with E-state index >= 15 is 0 Å². The van der Waals surface area contributed by atoms with Gasteiger partial charge in [0, 0.05) is 31.0 Å². The van der Waals surface area contributed by atoms with E-state index in [1.807, 2.05) is 0 Å². The van der Waals surface area contributed by atoms with Crippen molar-refractivity contribution in [2.24, 2.45) is 0 Å². The summed E-state index contributed by atoms with van der Waals surface area (Å²) in [7, 11) is 0. The fraction of sp³-hybridized carbons (Fsp3) is 0.444. The first-order valence-corrected chi connectivity index (χ1v) is 8.58. The van der Waals surface area contributed by atoms with Crippen LogP contribution in [0.2, 0.25) is 0 Å². The average Bonchev–Trinajstić information content (AvgIpc) is 3.21. The van der Waals surface area contributed by atoms with Crippen LogP contribution in [0.25, 0.3) is 0 Å². The highest BCUT2D eigenvalue weighted by Crippen LogP contribution is 2.35. The highest BCUT2D eigenvalue weighted by Gasteiger charge is 2.36. The van der Waals surface area contributed by atoms with Gasteiger partial charge in [-0.15, -0.1) is 0 Å². The van der Waals surface area contributed by atoms with E-state index in [1.54, 1.807) is 17.9 Å². The fourth-order valence-corrected chi connectivity index (χ4v) is 3.84. The van der Waals surface area contributed by atoms with E-state index in [1.165, 1.54) is 6.07 Å². The van der Waals surface area contributed by atoms with Crippen LogP contribution in [0.3, 0.4) is 0 Å². The molecule has 0 saturated carbocycles. The highest BCUT2D eigenvalue weighted by molar-refractivity contribution is 6.03. The summed E-state index contributed by atoms with van der Waals surface area (Å²) in [5.41, 5.74) is 1.63. The molecule has 2 aliphatic rings. The summed E-state index contributed by atoms with van der Waals surface area (Å²) < 4.78 is 5.79. The van der Waals surface area contributed by atoms with Gasteiger partial charge in [-0.25, -0.2) is 5.10 Å².